The fraction of sp³-hybridized carbons (Fsp3) is 0.429. The maximum atomic E-state index is 11.3. The van der Waals surface area contributed by atoms with Gasteiger partial charge in [0.15, 0.2) is 6.61 Å². The van der Waals surface area contributed by atoms with Crippen molar-refractivity contribution in [3.63, 3.8) is 0 Å². The number of anilines is 1. The lowest BCUT2D eigenvalue weighted by Crippen LogP contribution is -2.35. The first-order chi connectivity index (χ1) is 9.63. The molecule has 0 aliphatic carbocycles. The number of carbonyl (C=O) groups excluding carboxylic acids is 1. The predicted molar refractivity (Wildman–Crippen MR) is 71.6 cm³/mol. The van der Waals surface area contributed by atoms with Crippen LogP contribution < -0.4 is 10.1 Å². The molecular weight excluding hydrogens is 260 g/mol. The lowest BCUT2D eigenvalue weighted by molar-refractivity contribution is -0.142. The Morgan fingerprint density at radius 3 is 3.15 bits per heavy atom. The van der Waals surface area contributed by atoms with Crippen LogP contribution in [0.4, 0.5) is 5.69 Å². The van der Waals surface area contributed by atoms with E-state index in [0.717, 1.165) is 18.5 Å². The van der Waals surface area contributed by atoms with Gasteiger partial charge in [-0.15, -0.1) is 0 Å². The van der Waals surface area contributed by atoms with Crippen molar-refractivity contribution < 1.29 is 19.4 Å². The lowest BCUT2D eigenvalue weighted by Gasteiger charge is -2.23. The number of nitrogens with one attached hydrogen (secondary N) is 1. The number of benzene rings is 1. The summed E-state index contributed by atoms with van der Waals surface area (Å²) in [7, 11) is 0. The molecule has 2 heterocycles. The summed E-state index contributed by atoms with van der Waals surface area (Å²) in [5.41, 5.74) is 1.63. The van der Waals surface area contributed by atoms with Crippen LogP contribution in [0.1, 0.15) is 18.4 Å². The summed E-state index contributed by atoms with van der Waals surface area (Å²) < 4.78 is 5.30. The Morgan fingerprint density at radius 1 is 1.50 bits per heavy atom. The van der Waals surface area contributed by atoms with E-state index in [1.54, 1.807) is 0 Å². The van der Waals surface area contributed by atoms with Gasteiger partial charge in [-0.2, -0.15) is 0 Å². The fourth-order valence-electron chi connectivity index (χ4n) is 2.76. The number of fused-ring (bicyclic) bond motifs is 1. The number of hydrogen-bond donors (Lipinski definition) is 2. The highest BCUT2D eigenvalue weighted by Crippen LogP contribution is 2.30. The first-order valence-electron chi connectivity index (χ1n) is 6.66. The fourth-order valence-corrected chi connectivity index (χ4v) is 2.76. The van der Waals surface area contributed by atoms with Gasteiger partial charge in [-0.05, 0) is 37.1 Å². The van der Waals surface area contributed by atoms with Gasteiger partial charge < -0.3 is 15.2 Å². The van der Waals surface area contributed by atoms with E-state index in [-0.39, 0.29) is 12.5 Å². The van der Waals surface area contributed by atoms with Crippen molar-refractivity contribution in [2.75, 3.05) is 18.5 Å². The number of carboxylic acids is 1. The van der Waals surface area contributed by atoms with E-state index in [1.807, 2.05) is 23.1 Å². The van der Waals surface area contributed by atoms with E-state index in [4.69, 9.17) is 9.84 Å². The molecule has 0 bridgehead atoms. The quantitative estimate of drug-likeness (QED) is 0.863. The van der Waals surface area contributed by atoms with E-state index in [1.165, 1.54) is 0 Å². The first-order valence-corrected chi connectivity index (χ1v) is 6.66. The molecule has 2 aliphatic heterocycles. The molecule has 1 aromatic carbocycles. The average molecular weight is 276 g/mol. The van der Waals surface area contributed by atoms with Gasteiger partial charge in [0.05, 0.1) is 5.69 Å². The number of carbonyl (C=O) groups is 2. The van der Waals surface area contributed by atoms with Crippen LogP contribution in [0.25, 0.3) is 0 Å². The molecular formula is C14H16N2O4. The normalized spacial score (nSPS) is 22.0. The third-order valence-corrected chi connectivity index (χ3v) is 3.71. The molecule has 1 unspecified atom stereocenters. The van der Waals surface area contributed by atoms with Crippen LogP contribution in [0.15, 0.2) is 18.2 Å². The highest BCUT2D eigenvalue weighted by atomic mass is 16.5. The molecule has 1 aromatic rings. The molecule has 6 nitrogen and oxygen atoms in total. The van der Waals surface area contributed by atoms with Gasteiger partial charge in [-0.1, -0.05) is 6.07 Å². The van der Waals surface area contributed by atoms with Gasteiger partial charge in [-0.3, -0.25) is 14.5 Å². The number of aliphatic carboxylic acids is 1. The largest absolute Gasteiger partial charge is 0.482 e. The second kappa shape index (κ2) is 5.13. The molecule has 2 aliphatic rings. The van der Waals surface area contributed by atoms with Gasteiger partial charge >= 0.3 is 5.97 Å². The van der Waals surface area contributed by atoms with Crippen molar-refractivity contribution in [2.45, 2.75) is 25.4 Å². The topological polar surface area (TPSA) is 78.9 Å². The predicted octanol–water partition coefficient (Wildman–Crippen LogP) is 1.07. The number of carboxylic acid groups (broad SMARTS) is 1. The molecule has 20 heavy (non-hydrogen) atoms. The third-order valence-electron chi connectivity index (χ3n) is 3.71. The Labute approximate surface area is 116 Å². The number of ether oxygens (including phenoxy) is 1. The molecule has 0 saturated carbocycles. The zero-order valence-corrected chi connectivity index (χ0v) is 11.0. The molecule has 6 heteroatoms. The highest BCUT2D eigenvalue weighted by Gasteiger charge is 2.30. The smallest absolute Gasteiger partial charge is 0.320 e. The molecule has 1 saturated heterocycles. The molecule has 3 rings (SSSR count). The standard InChI is InChI=1S/C14H16N2O4/c17-13-8-20-12-4-3-9(6-10(12)15-13)7-16-5-1-2-11(16)14(18)19/h3-4,6,11H,1-2,5,7-8H2,(H,15,17)(H,18,19). The van der Waals surface area contributed by atoms with Crippen molar-refractivity contribution in [3.8, 4) is 5.75 Å². The SMILES string of the molecule is O=C1COc2ccc(CN3CCCC3C(=O)O)cc2N1. The number of rotatable bonds is 3. The van der Waals surface area contributed by atoms with Crippen LogP contribution in [0, 0.1) is 0 Å². The van der Waals surface area contributed by atoms with Gasteiger partial charge in [0.1, 0.15) is 11.8 Å². The number of nitrogens with zero attached hydrogens (tertiary/aromatic N) is 1. The van der Waals surface area contributed by atoms with E-state index >= 15 is 0 Å². The van der Waals surface area contributed by atoms with Gasteiger partial charge in [0.25, 0.3) is 5.91 Å². The van der Waals surface area contributed by atoms with Crippen LogP contribution in [-0.4, -0.2) is 41.1 Å². The summed E-state index contributed by atoms with van der Waals surface area (Å²) in [4.78, 5) is 24.4. The van der Waals surface area contributed by atoms with E-state index < -0.39 is 12.0 Å². The van der Waals surface area contributed by atoms with Crippen LogP contribution in [0.3, 0.4) is 0 Å². The molecule has 1 atom stereocenters. The van der Waals surface area contributed by atoms with Crippen LogP contribution >= 0.6 is 0 Å². The maximum absolute atomic E-state index is 11.3. The van der Waals surface area contributed by atoms with Crippen molar-refractivity contribution in [3.05, 3.63) is 23.8 Å². The van der Waals surface area contributed by atoms with Crippen LogP contribution in [-0.2, 0) is 16.1 Å². The maximum Gasteiger partial charge on any atom is 0.320 e. The molecule has 1 amide bonds. The molecule has 0 spiro atoms. The molecule has 2 N–H and O–H groups in total. The summed E-state index contributed by atoms with van der Waals surface area (Å²) in [5.74, 6) is -0.277. The Morgan fingerprint density at radius 2 is 2.35 bits per heavy atom. The number of likely N-dealkylation sites (tertiary alicyclic amines) is 1. The Kier molecular flexibility index (Phi) is 3.31. The molecule has 106 valence electrons. The Balaban J connectivity index is 1.76. The van der Waals surface area contributed by atoms with Gasteiger partial charge in [-0.25, -0.2) is 0 Å². The summed E-state index contributed by atoms with van der Waals surface area (Å²) in [6, 6.07) is 5.17. The van der Waals surface area contributed by atoms with Crippen LogP contribution in [0.2, 0.25) is 0 Å². The zero-order chi connectivity index (χ0) is 14.1. The third kappa shape index (κ3) is 2.46. The van der Waals surface area contributed by atoms with Crippen molar-refractivity contribution in [1.82, 2.24) is 4.90 Å². The van der Waals surface area contributed by atoms with Crippen molar-refractivity contribution in [1.29, 1.82) is 0 Å². The highest BCUT2D eigenvalue weighted by molar-refractivity contribution is 5.95. The molecule has 0 aromatic heterocycles. The van der Waals surface area contributed by atoms with E-state index in [0.29, 0.717) is 24.4 Å². The molecule has 0 radical (unpaired) electrons. The number of amides is 1. The summed E-state index contributed by atoms with van der Waals surface area (Å²) >= 11 is 0. The summed E-state index contributed by atoms with van der Waals surface area (Å²) in [5, 5.41) is 11.9. The van der Waals surface area contributed by atoms with E-state index in [2.05, 4.69) is 5.32 Å². The van der Waals surface area contributed by atoms with Crippen LogP contribution in [0.5, 0.6) is 5.75 Å². The van der Waals surface area contributed by atoms with E-state index in [9.17, 15) is 9.59 Å². The first kappa shape index (κ1) is 12.9. The zero-order valence-electron chi connectivity index (χ0n) is 11.0. The minimum absolute atomic E-state index is 0.0412. The number of hydrogen-bond acceptors (Lipinski definition) is 4. The molecule has 1 fully saturated rings. The summed E-state index contributed by atoms with van der Waals surface area (Å²) in [6.45, 7) is 1.40. The monoisotopic (exact) mass is 276 g/mol. The average Bonchev–Trinajstić information content (AvgIpc) is 2.86. The lowest BCUT2D eigenvalue weighted by atomic mass is 10.1. The second-order valence-corrected chi connectivity index (χ2v) is 5.13. The van der Waals surface area contributed by atoms with Crippen molar-refractivity contribution >= 4 is 17.6 Å². The summed E-state index contributed by atoms with van der Waals surface area (Å²) in [6.07, 6.45) is 1.60. The minimum Gasteiger partial charge on any atom is -0.482 e. The van der Waals surface area contributed by atoms with Gasteiger partial charge in [0.2, 0.25) is 0 Å². The van der Waals surface area contributed by atoms with Gasteiger partial charge in [0, 0.05) is 6.54 Å². The van der Waals surface area contributed by atoms with Crippen molar-refractivity contribution in [2.24, 2.45) is 0 Å². The second-order valence-electron chi connectivity index (χ2n) is 5.13. The Hall–Kier alpha value is -2.08. The Bertz CT molecular complexity index is 558. The minimum atomic E-state index is -0.767.